The summed E-state index contributed by atoms with van der Waals surface area (Å²) in [5.41, 5.74) is 11.5. The second-order valence-corrected chi connectivity index (χ2v) is 13.5. The lowest BCUT2D eigenvalue weighted by Gasteiger charge is -2.12. The van der Waals surface area contributed by atoms with Crippen molar-refractivity contribution in [1.29, 1.82) is 0 Å². The minimum Gasteiger partial charge on any atom is -0.366 e. The predicted octanol–water partition coefficient (Wildman–Crippen LogP) is 8.42. The summed E-state index contributed by atoms with van der Waals surface area (Å²) in [5, 5.41) is 5.71. The Morgan fingerprint density at radius 2 is 0.740 bits per heavy atom. The molecule has 0 heterocycles. The second kappa shape index (κ2) is 25.0. The molecule has 50 heavy (non-hydrogen) atoms. The van der Waals surface area contributed by atoms with Gasteiger partial charge in [-0.25, -0.2) is 0 Å². The van der Waals surface area contributed by atoms with E-state index in [2.05, 4.69) is 24.5 Å². The van der Waals surface area contributed by atoms with Gasteiger partial charge in [-0.15, -0.1) is 0 Å². The van der Waals surface area contributed by atoms with E-state index in [0.29, 0.717) is 13.1 Å². The maximum absolute atomic E-state index is 13.4. The van der Waals surface area contributed by atoms with Gasteiger partial charge in [-0.2, -0.15) is 0 Å². The van der Waals surface area contributed by atoms with Gasteiger partial charge in [0.25, 0.3) is 11.8 Å². The summed E-state index contributed by atoms with van der Waals surface area (Å²) < 4.78 is 0. The number of hydrogen-bond acceptors (Lipinski definition) is 5. The highest BCUT2D eigenvalue weighted by Gasteiger charge is 2.21. The molecule has 0 atom stereocenters. The minimum atomic E-state index is -0.837. The maximum Gasteiger partial charge on any atom is 0.252 e. The van der Waals surface area contributed by atoms with Gasteiger partial charge in [0.15, 0.2) is 5.78 Å². The van der Waals surface area contributed by atoms with E-state index in [4.69, 9.17) is 11.5 Å². The molecule has 0 radical (unpaired) electrons. The van der Waals surface area contributed by atoms with Crippen LogP contribution in [0.2, 0.25) is 0 Å². The zero-order valence-corrected chi connectivity index (χ0v) is 30.7. The number of carbonyl (C=O) groups excluding carboxylic acids is 5. The van der Waals surface area contributed by atoms with Gasteiger partial charge in [0, 0.05) is 24.2 Å². The molecular formula is C41H62N4O5. The maximum atomic E-state index is 13.4. The average Bonchev–Trinajstić information content (AvgIpc) is 3.11. The number of amides is 4. The number of carbonyl (C=O) groups is 5. The Labute approximate surface area is 300 Å². The summed E-state index contributed by atoms with van der Waals surface area (Å²) in [5.74, 6) is -3.05. The summed E-state index contributed by atoms with van der Waals surface area (Å²) in [7, 11) is 0. The zero-order valence-electron chi connectivity index (χ0n) is 30.7. The molecule has 0 aliphatic heterocycles. The van der Waals surface area contributed by atoms with Crippen molar-refractivity contribution in [1.82, 2.24) is 10.6 Å². The lowest BCUT2D eigenvalue weighted by Crippen LogP contribution is -2.28. The molecule has 276 valence electrons. The first kappa shape index (κ1) is 42.2. The lowest BCUT2D eigenvalue weighted by atomic mass is 9.94. The van der Waals surface area contributed by atoms with Crippen LogP contribution in [0.15, 0.2) is 36.4 Å². The van der Waals surface area contributed by atoms with Crippen molar-refractivity contribution in [2.45, 2.75) is 142 Å². The average molecular weight is 691 g/mol. The number of ketones is 1. The highest BCUT2D eigenvalue weighted by Crippen LogP contribution is 2.20. The normalized spacial score (nSPS) is 10.9. The van der Waals surface area contributed by atoms with Crippen LogP contribution in [0, 0.1) is 0 Å². The monoisotopic (exact) mass is 690 g/mol. The van der Waals surface area contributed by atoms with Crippen molar-refractivity contribution >= 4 is 29.4 Å². The largest absolute Gasteiger partial charge is 0.366 e. The lowest BCUT2D eigenvalue weighted by molar-refractivity contribution is 0.0933. The summed E-state index contributed by atoms with van der Waals surface area (Å²) >= 11 is 0. The van der Waals surface area contributed by atoms with E-state index in [1.54, 1.807) is 0 Å². The number of unbranched alkanes of at least 4 members (excludes halogenated alkanes) is 18. The molecule has 0 unspecified atom stereocenters. The van der Waals surface area contributed by atoms with Gasteiger partial charge >= 0.3 is 0 Å². The Morgan fingerprint density at radius 3 is 1.04 bits per heavy atom. The van der Waals surface area contributed by atoms with Crippen molar-refractivity contribution < 1.29 is 24.0 Å². The van der Waals surface area contributed by atoms with Gasteiger partial charge in [-0.05, 0) is 37.1 Å². The molecule has 0 saturated heterocycles. The number of rotatable bonds is 28. The van der Waals surface area contributed by atoms with E-state index < -0.39 is 29.4 Å². The molecule has 0 spiro atoms. The Kier molecular flexibility index (Phi) is 21.1. The SMILES string of the molecule is CCCCCCCCCCCCNC(=O)c1ccc(C(=O)c2ccc(C(=O)NCCCCCCCCCCCC)c(C(N)=O)c2)cc1C(N)=O. The molecule has 0 aliphatic carbocycles. The van der Waals surface area contributed by atoms with E-state index in [9.17, 15) is 24.0 Å². The van der Waals surface area contributed by atoms with E-state index in [0.717, 1.165) is 38.5 Å². The molecule has 4 amide bonds. The van der Waals surface area contributed by atoms with Crippen molar-refractivity contribution in [3.05, 3.63) is 69.8 Å². The van der Waals surface area contributed by atoms with Gasteiger partial charge < -0.3 is 22.1 Å². The summed E-state index contributed by atoms with van der Waals surface area (Å²) in [4.78, 5) is 63.8. The number of primary amides is 2. The van der Waals surface area contributed by atoms with E-state index in [-0.39, 0.29) is 33.4 Å². The molecule has 0 bridgehead atoms. The first-order valence-electron chi connectivity index (χ1n) is 19.2. The fourth-order valence-corrected chi connectivity index (χ4v) is 6.16. The number of benzene rings is 2. The molecule has 9 nitrogen and oxygen atoms in total. The molecular weight excluding hydrogens is 628 g/mol. The third kappa shape index (κ3) is 15.7. The third-order valence-electron chi connectivity index (χ3n) is 9.22. The molecule has 2 aromatic carbocycles. The van der Waals surface area contributed by atoms with Crippen molar-refractivity contribution in [3.63, 3.8) is 0 Å². The number of nitrogens with two attached hydrogens (primary N) is 2. The van der Waals surface area contributed by atoms with E-state index >= 15 is 0 Å². The van der Waals surface area contributed by atoms with Crippen molar-refractivity contribution in [2.75, 3.05) is 13.1 Å². The van der Waals surface area contributed by atoms with Crippen LogP contribution in [0.4, 0.5) is 0 Å². The second-order valence-electron chi connectivity index (χ2n) is 13.5. The van der Waals surface area contributed by atoms with Gasteiger partial charge in [-0.3, -0.25) is 24.0 Å². The standard InChI is InChI=1S/C41H62N4O5/c1-3-5-7-9-11-13-15-17-19-21-27-44-40(49)33-25-23-31(29-35(33)38(42)47)37(46)32-24-26-34(36(30-32)39(43)48)41(50)45-28-22-20-18-16-14-12-10-8-6-4-2/h23-26,29-30H,3-22,27-28H2,1-2H3,(H2,42,47)(H2,43,48)(H,44,49)(H,45,50). The van der Waals surface area contributed by atoms with Crippen LogP contribution in [-0.4, -0.2) is 42.5 Å². The van der Waals surface area contributed by atoms with Gasteiger partial charge in [0.1, 0.15) is 0 Å². The Morgan fingerprint density at radius 1 is 0.440 bits per heavy atom. The molecule has 0 saturated carbocycles. The van der Waals surface area contributed by atoms with Crippen LogP contribution in [0.25, 0.3) is 0 Å². The highest BCUT2D eigenvalue weighted by molar-refractivity contribution is 6.15. The zero-order chi connectivity index (χ0) is 36.6. The highest BCUT2D eigenvalue weighted by atomic mass is 16.2. The van der Waals surface area contributed by atoms with Crippen LogP contribution in [0.1, 0.15) is 200 Å². The molecule has 0 fully saturated rings. The summed E-state index contributed by atoms with van der Waals surface area (Å²) in [6.07, 6.45) is 23.7. The van der Waals surface area contributed by atoms with Gasteiger partial charge in [0.2, 0.25) is 11.8 Å². The van der Waals surface area contributed by atoms with E-state index in [1.807, 2.05) is 0 Å². The van der Waals surface area contributed by atoms with Crippen LogP contribution in [0.5, 0.6) is 0 Å². The number of hydrogen-bond donors (Lipinski definition) is 4. The molecule has 0 aromatic heterocycles. The summed E-state index contributed by atoms with van der Waals surface area (Å²) in [6.45, 7) is 5.39. The van der Waals surface area contributed by atoms with Crippen LogP contribution in [-0.2, 0) is 0 Å². The van der Waals surface area contributed by atoms with Crippen LogP contribution < -0.4 is 22.1 Å². The van der Waals surface area contributed by atoms with Crippen molar-refractivity contribution in [2.24, 2.45) is 11.5 Å². The first-order chi connectivity index (χ1) is 24.2. The quantitative estimate of drug-likeness (QED) is 0.0520. The predicted molar refractivity (Wildman–Crippen MR) is 202 cm³/mol. The topological polar surface area (TPSA) is 161 Å². The fraction of sp³-hybridized carbons (Fsp3) is 0.585. The fourth-order valence-electron chi connectivity index (χ4n) is 6.16. The molecule has 6 N–H and O–H groups in total. The third-order valence-corrected chi connectivity index (χ3v) is 9.22. The Bertz CT molecular complexity index is 1270. The molecule has 0 aliphatic rings. The Balaban J connectivity index is 1.91. The van der Waals surface area contributed by atoms with Crippen molar-refractivity contribution in [3.8, 4) is 0 Å². The first-order valence-corrected chi connectivity index (χ1v) is 19.2. The molecule has 9 heteroatoms. The summed E-state index contributed by atoms with van der Waals surface area (Å²) in [6, 6.07) is 8.29. The smallest absolute Gasteiger partial charge is 0.252 e. The van der Waals surface area contributed by atoms with Gasteiger partial charge in [-0.1, -0.05) is 142 Å². The molecule has 2 aromatic rings. The van der Waals surface area contributed by atoms with Crippen LogP contribution in [0.3, 0.4) is 0 Å². The van der Waals surface area contributed by atoms with Crippen LogP contribution >= 0.6 is 0 Å². The Hall–Kier alpha value is -4.01. The van der Waals surface area contributed by atoms with E-state index in [1.165, 1.54) is 126 Å². The number of nitrogens with one attached hydrogen (secondary N) is 2. The minimum absolute atomic E-state index is 0.0745. The molecule has 2 rings (SSSR count). The van der Waals surface area contributed by atoms with Gasteiger partial charge in [0.05, 0.1) is 22.3 Å².